The number of para-hydroxylation sites is 3. The smallest absolute Gasteiger partial charge is 0.381 e. The van der Waals surface area contributed by atoms with Crippen LogP contribution in [0.2, 0.25) is 0 Å². The van der Waals surface area contributed by atoms with Gasteiger partial charge in [-0.2, -0.15) is 0 Å². The molecule has 0 saturated heterocycles. The van der Waals surface area contributed by atoms with E-state index in [2.05, 4.69) is 16.0 Å². The molecule has 158 valence electrons. The van der Waals surface area contributed by atoms with Gasteiger partial charge in [-0.05, 0) is 73.1 Å². The molecule has 0 aliphatic rings. The van der Waals surface area contributed by atoms with Crippen LogP contribution in [0.3, 0.4) is 0 Å². The lowest BCUT2D eigenvalue weighted by Crippen LogP contribution is -2.19. The molecule has 0 radical (unpaired) electrons. The first-order valence-corrected chi connectivity index (χ1v) is 11.3. The number of rotatable bonds is 6. The summed E-state index contributed by atoms with van der Waals surface area (Å²) in [4.78, 5) is 0. The van der Waals surface area contributed by atoms with E-state index in [1.54, 1.807) is 0 Å². The number of hydrogen-bond donors (Lipinski definition) is 3. The second-order valence-corrected chi connectivity index (χ2v) is 7.94. The second kappa shape index (κ2) is 12.1. The largest absolute Gasteiger partial charge is 0.535 e. The van der Waals surface area contributed by atoms with E-state index in [0.29, 0.717) is 0 Å². The van der Waals surface area contributed by atoms with Crippen LogP contribution in [0.4, 0.5) is 17.1 Å². The molecule has 3 N–H and O–H groups in total. The van der Waals surface area contributed by atoms with Crippen molar-refractivity contribution >= 4 is 77.8 Å². The highest BCUT2D eigenvalue weighted by molar-refractivity contribution is 7.82. The topological polar surface area (TPSA) is 63.8 Å². The first-order valence-electron chi connectivity index (χ1n) is 9.00. The molecule has 0 bridgehead atoms. The molecule has 0 aromatic heterocycles. The zero-order chi connectivity index (χ0) is 21.9. The fraction of sp³-hybridized carbons (Fsp3) is 0. The summed E-state index contributed by atoms with van der Waals surface area (Å²) in [5.41, 5.74) is 2.28. The van der Waals surface area contributed by atoms with Crippen LogP contribution in [0.1, 0.15) is 0 Å². The van der Waals surface area contributed by atoms with Gasteiger partial charge in [0.2, 0.25) is 0 Å². The third-order valence-corrected chi connectivity index (χ3v) is 5.45. The fourth-order valence-corrected chi connectivity index (χ4v) is 3.80. The van der Waals surface area contributed by atoms with Gasteiger partial charge in [0.05, 0.1) is 0 Å². The molecule has 0 fully saturated rings. The summed E-state index contributed by atoms with van der Waals surface area (Å²) in [5.74, 6) is 0. The Morgan fingerprint density at radius 1 is 0.484 bits per heavy atom. The maximum Gasteiger partial charge on any atom is 0.535 e. The molecule has 0 unspecified atom stereocenters. The van der Waals surface area contributed by atoms with Crippen molar-refractivity contribution in [1.82, 2.24) is 0 Å². The molecule has 0 heterocycles. The van der Waals surface area contributed by atoms with Gasteiger partial charge in [0, 0.05) is 17.1 Å². The molecule has 0 aliphatic heterocycles. The van der Waals surface area contributed by atoms with Crippen LogP contribution in [0, 0.1) is 0 Å². The Morgan fingerprint density at radius 3 is 1.00 bits per heavy atom. The first kappa shape index (κ1) is 22.8. The summed E-state index contributed by atoms with van der Waals surface area (Å²) in [7, 11) is -2.08. The summed E-state index contributed by atoms with van der Waals surface area (Å²) in [5, 5.41) is 9.04. The number of hydrogen-bond acceptors (Lipinski definition) is 6. The fourth-order valence-electron chi connectivity index (χ4n) is 2.25. The summed E-state index contributed by atoms with van der Waals surface area (Å²) in [6.45, 7) is 0. The molecular weight excluding hydrogens is 469 g/mol. The highest BCUT2D eigenvalue weighted by Gasteiger charge is 2.24. The monoisotopic (exact) mass is 487 g/mol. The van der Waals surface area contributed by atoms with Gasteiger partial charge in [-0.25, -0.2) is 0 Å². The average molecular weight is 488 g/mol. The van der Waals surface area contributed by atoms with E-state index in [4.69, 9.17) is 50.2 Å². The van der Waals surface area contributed by atoms with Crippen LogP contribution in [0.25, 0.3) is 0 Å². The van der Waals surface area contributed by atoms with Gasteiger partial charge in [0.15, 0.2) is 0 Å². The lowest BCUT2D eigenvalue weighted by molar-refractivity contribution is 0.385. The van der Waals surface area contributed by atoms with E-state index in [0.717, 1.165) is 17.1 Å². The standard InChI is InChI=1S/C21H18N3O3PS3/c29-19(22-16-10-4-1-5-11-16)25-28(26-20(30)23-17-12-6-2-7-13-17)27-21(31)24-18-14-8-3-9-15-18/h1-15H,(H,22,29)(H,23,30)(H,24,31). The summed E-state index contributed by atoms with van der Waals surface area (Å²) < 4.78 is 17.0. The Kier molecular flexibility index (Phi) is 8.93. The third kappa shape index (κ3) is 8.43. The molecule has 3 aromatic carbocycles. The Morgan fingerprint density at radius 2 is 0.742 bits per heavy atom. The van der Waals surface area contributed by atoms with Crippen molar-refractivity contribution in [3.63, 3.8) is 0 Å². The quantitative estimate of drug-likeness (QED) is 0.269. The number of benzene rings is 3. The van der Waals surface area contributed by atoms with Gasteiger partial charge >= 0.3 is 8.60 Å². The molecular formula is C21H18N3O3PS3. The van der Waals surface area contributed by atoms with E-state index in [1.165, 1.54) is 0 Å². The van der Waals surface area contributed by atoms with Crippen molar-refractivity contribution in [1.29, 1.82) is 0 Å². The van der Waals surface area contributed by atoms with Crippen molar-refractivity contribution < 1.29 is 13.6 Å². The molecule has 6 nitrogen and oxygen atoms in total. The maximum absolute atomic E-state index is 5.66. The van der Waals surface area contributed by atoms with E-state index in [9.17, 15) is 0 Å². The maximum atomic E-state index is 5.66. The van der Waals surface area contributed by atoms with Crippen LogP contribution >= 0.6 is 45.3 Å². The Balaban J connectivity index is 1.62. The molecule has 0 spiro atoms. The average Bonchev–Trinajstić information content (AvgIpc) is 2.75. The van der Waals surface area contributed by atoms with Gasteiger partial charge in [-0.3, -0.25) is 0 Å². The SMILES string of the molecule is S=C(Nc1ccccc1)OP(OC(=S)Nc1ccccc1)OC(=S)Nc1ccccc1. The van der Waals surface area contributed by atoms with Gasteiger partial charge in [-0.1, -0.05) is 54.6 Å². The molecule has 31 heavy (non-hydrogen) atoms. The third-order valence-electron chi connectivity index (χ3n) is 3.53. The number of nitrogens with one attached hydrogen (secondary N) is 3. The van der Waals surface area contributed by atoms with Crippen molar-refractivity contribution in [2.75, 3.05) is 16.0 Å². The van der Waals surface area contributed by atoms with E-state index in [1.807, 2.05) is 91.0 Å². The van der Waals surface area contributed by atoms with Crippen molar-refractivity contribution in [3.05, 3.63) is 91.0 Å². The van der Waals surface area contributed by atoms with Gasteiger partial charge in [0.25, 0.3) is 15.5 Å². The predicted octanol–water partition coefficient (Wildman–Crippen LogP) is 6.45. The van der Waals surface area contributed by atoms with Gasteiger partial charge < -0.3 is 29.5 Å². The number of anilines is 3. The molecule has 0 aliphatic carbocycles. The van der Waals surface area contributed by atoms with Crippen LogP contribution in [-0.4, -0.2) is 15.5 Å². The second-order valence-electron chi connectivity index (χ2n) is 5.83. The van der Waals surface area contributed by atoms with Crippen molar-refractivity contribution in [3.8, 4) is 0 Å². The van der Waals surface area contributed by atoms with Crippen LogP contribution < -0.4 is 16.0 Å². The van der Waals surface area contributed by atoms with E-state index < -0.39 is 8.60 Å². The Labute approximate surface area is 197 Å². The minimum absolute atomic E-state index is 0.0577. The summed E-state index contributed by atoms with van der Waals surface area (Å²) >= 11 is 15.8. The molecule has 3 rings (SSSR count). The Bertz CT molecular complexity index is 879. The Hall–Kier alpha value is -2.84. The first-order chi connectivity index (χ1) is 15.1. The van der Waals surface area contributed by atoms with Crippen molar-refractivity contribution in [2.45, 2.75) is 0 Å². The van der Waals surface area contributed by atoms with Gasteiger partial charge in [-0.15, -0.1) is 0 Å². The molecule has 0 saturated carbocycles. The highest BCUT2D eigenvalue weighted by Crippen LogP contribution is 2.41. The number of thiocarbonyl (C=S) groups is 3. The van der Waals surface area contributed by atoms with E-state index in [-0.39, 0.29) is 15.5 Å². The predicted molar refractivity (Wildman–Crippen MR) is 138 cm³/mol. The van der Waals surface area contributed by atoms with E-state index >= 15 is 0 Å². The van der Waals surface area contributed by atoms with Crippen LogP contribution in [-0.2, 0) is 13.6 Å². The summed E-state index contributed by atoms with van der Waals surface area (Å²) in [6, 6.07) is 28.0. The summed E-state index contributed by atoms with van der Waals surface area (Å²) in [6.07, 6.45) is 0. The highest BCUT2D eigenvalue weighted by atomic mass is 32.1. The zero-order valence-electron chi connectivity index (χ0n) is 16.1. The normalized spacial score (nSPS) is 9.97. The molecule has 3 aromatic rings. The van der Waals surface area contributed by atoms with Crippen LogP contribution in [0.5, 0.6) is 0 Å². The lowest BCUT2D eigenvalue weighted by atomic mass is 10.3. The van der Waals surface area contributed by atoms with Crippen molar-refractivity contribution in [2.24, 2.45) is 0 Å². The van der Waals surface area contributed by atoms with Crippen LogP contribution in [0.15, 0.2) is 91.0 Å². The zero-order valence-corrected chi connectivity index (χ0v) is 19.4. The lowest BCUT2D eigenvalue weighted by Gasteiger charge is -2.19. The van der Waals surface area contributed by atoms with Gasteiger partial charge in [0.1, 0.15) is 0 Å². The molecule has 10 heteroatoms. The minimum atomic E-state index is -2.08. The molecule has 0 amide bonds. The molecule has 0 atom stereocenters. The minimum Gasteiger partial charge on any atom is -0.381 e.